The average Bonchev–Trinajstić information content (AvgIpc) is 2.55. The highest BCUT2D eigenvalue weighted by Crippen LogP contribution is 2.25. The Labute approximate surface area is 149 Å². The standard InChI is InChI=1S/C19H39NO2S/c1-8-16(3)17(4)22-18(5)23-14-10-13-21-15-19(6,9-2)11-12-20-7/h18,20H,8-15H2,1-7H3/b17-16-. The van der Waals surface area contributed by atoms with Gasteiger partial charge in [0.15, 0.2) is 0 Å². The lowest BCUT2D eigenvalue weighted by Gasteiger charge is -2.28. The van der Waals surface area contributed by atoms with Gasteiger partial charge >= 0.3 is 0 Å². The third-order valence-electron chi connectivity index (χ3n) is 4.54. The van der Waals surface area contributed by atoms with Crippen LogP contribution in [0.25, 0.3) is 0 Å². The number of hydrogen-bond donors (Lipinski definition) is 1. The van der Waals surface area contributed by atoms with Crippen LogP contribution in [0, 0.1) is 5.41 Å². The van der Waals surface area contributed by atoms with Crippen LogP contribution in [0.5, 0.6) is 0 Å². The minimum absolute atomic E-state index is 0.216. The van der Waals surface area contributed by atoms with E-state index in [-0.39, 0.29) is 5.44 Å². The number of hydrogen-bond acceptors (Lipinski definition) is 4. The first-order chi connectivity index (χ1) is 10.9. The van der Waals surface area contributed by atoms with Gasteiger partial charge in [-0.3, -0.25) is 0 Å². The molecule has 2 atom stereocenters. The van der Waals surface area contributed by atoms with Crippen molar-refractivity contribution in [2.45, 2.75) is 72.7 Å². The largest absolute Gasteiger partial charge is 0.485 e. The summed E-state index contributed by atoms with van der Waals surface area (Å²) in [4.78, 5) is 0. The van der Waals surface area contributed by atoms with E-state index >= 15 is 0 Å². The molecule has 0 saturated carbocycles. The smallest absolute Gasteiger partial charge is 0.141 e. The first-order valence-corrected chi connectivity index (χ1v) is 10.1. The van der Waals surface area contributed by atoms with Crippen LogP contribution in [0.1, 0.15) is 67.2 Å². The quantitative estimate of drug-likeness (QED) is 0.266. The molecule has 4 heteroatoms. The molecule has 0 rings (SSSR count). The van der Waals surface area contributed by atoms with Gasteiger partial charge in [0.25, 0.3) is 0 Å². The molecule has 138 valence electrons. The highest BCUT2D eigenvalue weighted by Gasteiger charge is 2.21. The summed E-state index contributed by atoms with van der Waals surface area (Å²) in [5.41, 5.74) is 1.85. The number of ether oxygens (including phenoxy) is 2. The zero-order chi connectivity index (χ0) is 17.7. The van der Waals surface area contributed by atoms with E-state index in [0.29, 0.717) is 5.41 Å². The summed E-state index contributed by atoms with van der Waals surface area (Å²) < 4.78 is 11.8. The third-order valence-corrected chi connectivity index (χ3v) is 5.63. The van der Waals surface area contributed by atoms with Crippen molar-refractivity contribution in [3.63, 3.8) is 0 Å². The summed E-state index contributed by atoms with van der Waals surface area (Å²) in [5.74, 6) is 2.16. The molecule has 0 aromatic heterocycles. The molecule has 0 aromatic rings. The Bertz CT molecular complexity index is 333. The Morgan fingerprint density at radius 3 is 2.52 bits per heavy atom. The molecule has 0 saturated heterocycles. The van der Waals surface area contributed by atoms with Crippen LogP contribution in [0.4, 0.5) is 0 Å². The maximum absolute atomic E-state index is 5.92. The molecule has 0 radical (unpaired) electrons. The highest BCUT2D eigenvalue weighted by molar-refractivity contribution is 7.99. The Morgan fingerprint density at radius 2 is 1.96 bits per heavy atom. The SMILES string of the molecule is CC/C(C)=C(/C)OC(C)SCCCOCC(C)(CC)CCNC. The monoisotopic (exact) mass is 345 g/mol. The number of rotatable bonds is 14. The third kappa shape index (κ3) is 11.1. The molecule has 0 bridgehead atoms. The van der Waals surface area contributed by atoms with Crippen LogP contribution < -0.4 is 5.32 Å². The summed E-state index contributed by atoms with van der Waals surface area (Å²) in [5, 5.41) is 3.23. The second-order valence-electron chi connectivity index (χ2n) is 6.67. The van der Waals surface area contributed by atoms with E-state index in [2.05, 4.69) is 46.9 Å². The summed E-state index contributed by atoms with van der Waals surface area (Å²) in [6.07, 6.45) is 4.47. The molecule has 0 amide bonds. The molecular formula is C19H39NO2S. The van der Waals surface area contributed by atoms with Gasteiger partial charge in [-0.1, -0.05) is 20.8 Å². The van der Waals surface area contributed by atoms with Crippen molar-refractivity contribution in [3.8, 4) is 0 Å². The normalized spacial score (nSPS) is 16.7. The molecule has 0 aliphatic carbocycles. The van der Waals surface area contributed by atoms with E-state index in [1.54, 1.807) is 0 Å². The van der Waals surface area contributed by atoms with Crippen LogP contribution in [0.2, 0.25) is 0 Å². The van der Waals surface area contributed by atoms with E-state index in [0.717, 1.165) is 50.5 Å². The second-order valence-corrected chi connectivity index (χ2v) is 8.08. The maximum atomic E-state index is 5.92. The first-order valence-electron chi connectivity index (χ1n) is 9.05. The van der Waals surface area contributed by atoms with Crippen LogP contribution in [-0.2, 0) is 9.47 Å². The van der Waals surface area contributed by atoms with Crippen LogP contribution >= 0.6 is 11.8 Å². The van der Waals surface area contributed by atoms with Crippen molar-refractivity contribution >= 4 is 11.8 Å². The topological polar surface area (TPSA) is 30.5 Å². The van der Waals surface area contributed by atoms with Crippen molar-refractivity contribution in [1.82, 2.24) is 5.32 Å². The molecule has 0 spiro atoms. The average molecular weight is 346 g/mol. The van der Waals surface area contributed by atoms with Gasteiger partial charge in [0, 0.05) is 6.61 Å². The molecule has 2 unspecified atom stereocenters. The lowest BCUT2D eigenvalue weighted by atomic mass is 9.85. The Kier molecular flexibility index (Phi) is 13.0. The van der Waals surface area contributed by atoms with Crippen molar-refractivity contribution in [2.75, 3.05) is 32.6 Å². The molecule has 0 aliphatic heterocycles. The van der Waals surface area contributed by atoms with Gasteiger partial charge in [0.1, 0.15) is 5.44 Å². The fourth-order valence-electron chi connectivity index (χ4n) is 2.14. The number of allylic oxidation sites excluding steroid dienone is 2. The zero-order valence-electron chi connectivity index (χ0n) is 16.5. The van der Waals surface area contributed by atoms with Gasteiger partial charge < -0.3 is 14.8 Å². The molecule has 0 heterocycles. The summed E-state index contributed by atoms with van der Waals surface area (Å²) in [7, 11) is 2.01. The fraction of sp³-hybridized carbons (Fsp3) is 0.895. The number of thioether (sulfide) groups is 1. The van der Waals surface area contributed by atoms with Crippen LogP contribution in [0.15, 0.2) is 11.3 Å². The Hall–Kier alpha value is -0.190. The second kappa shape index (κ2) is 13.1. The van der Waals surface area contributed by atoms with Gasteiger partial charge in [-0.25, -0.2) is 0 Å². The van der Waals surface area contributed by atoms with Crippen LogP contribution in [0.3, 0.4) is 0 Å². The van der Waals surface area contributed by atoms with Gasteiger partial charge in [-0.15, -0.1) is 11.8 Å². The highest BCUT2D eigenvalue weighted by atomic mass is 32.2. The van der Waals surface area contributed by atoms with E-state index in [4.69, 9.17) is 9.47 Å². The predicted octanol–water partition coefficient (Wildman–Crippen LogP) is 5.22. The molecule has 1 N–H and O–H groups in total. The Morgan fingerprint density at radius 1 is 1.26 bits per heavy atom. The van der Waals surface area contributed by atoms with E-state index < -0.39 is 0 Å². The van der Waals surface area contributed by atoms with Crippen molar-refractivity contribution in [2.24, 2.45) is 5.41 Å². The molecule has 0 aromatic carbocycles. The lowest BCUT2D eigenvalue weighted by Crippen LogP contribution is -2.27. The first kappa shape index (κ1) is 22.8. The fourth-order valence-corrected chi connectivity index (χ4v) is 2.97. The Balaban J connectivity index is 3.80. The van der Waals surface area contributed by atoms with Crippen LogP contribution in [-0.4, -0.2) is 38.0 Å². The molecule has 0 fully saturated rings. The van der Waals surface area contributed by atoms with Gasteiger partial charge in [0.05, 0.1) is 12.4 Å². The molecule has 3 nitrogen and oxygen atoms in total. The van der Waals surface area contributed by atoms with E-state index in [9.17, 15) is 0 Å². The van der Waals surface area contributed by atoms with Gasteiger partial charge in [-0.05, 0) is 76.8 Å². The zero-order valence-corrected chi connectivity index (χ0v) is 17.3. The van der Waals surface area contributed by atoms with E-state index in [1.165, 1.54) is 12.0 Å². The molecule has 23 heavy (non-hydrogen) atoms. The van der Waals surface area contributed by atoms with Crippen molar-refractivity contribution in [1.29, 1.82) is 0 Å². The van der Waals surface area contributed by atoms with Gasteiger partial charge in [-0.2, -0.15) is 0 Å². The van der Waals surface area contributed by atoms with Crippen molar-refractivity contribution in [3.05, 3.63) is 11.3 Å². The maximum Gasteiger partial charge on any atom is 0.141 e. The minimum atomic E-state index is 0.216. The van der Waals surface area contributed by atoms with Crippen molar-refractivity contribution < 1.29 is 9.47 Å². The summed E-state index contributed by atoms with van der Waals surface area (Å²) >= 11 is 1.86. The minimum Gasteiger partial charge on any atom is -0.485 e. The van der Waals surface area contributed by atoms with Gasteiger partial charge in [0.2, 0.25) is 0 Å². The lowest BCUT2D eigenvalue weighted by molar-refractivity contribution is 0.0467. The predicted molar refractivity (Wildman–Crippen MR) is 104 cm³/mol. The van der Waals surface area contributed by atoms with E-state index in [1.807, 2.05) is 18.8 Å². The molecular weight excluding hydrogens is 306 g/mol. The molecule has 0 aliphatic rings. The summed E-state index contributed by atoms with van der Waals surface area (Å²) in [6, 6.07) is 0. The summed E-state index contributed by atoms with van der Waals surface area (Å²) in [6.45, 7) is 15.8. The number of nitrogens with one attached hydrogen (secondary N) is 1.